The minimum Gasteiger partial charge on any atom is -0.383 e. The fourth-order valence-electron chi connectivity index (χ4n) is 3.08. The lowest BCUT2D eigenvalue weighted by atomic mass is 9.94. The number of rotatable bonds is 6. The van der Waals surface area contributed by atoms with Crippen LogP contribution in [0.5, 0.6) is 0 Å². The highest BCUT2D eigenvalue weighted by Gasteiger charge is 2.24. The molecular formula is C18H27Cl2N3O3. The third-order valence-corrected chi connectivity index (χ3v) is 4.91. The van der Waals surface area contributed by atoms with Gasteiger partial charge in [0.25, 0.3) is 5.91 Å². The molecule has 0 bridgehead atoms. The Labute approximate surface area is 165 Å². The van der Waals surface area contributed by atoms with Crippen LogP contribution in [0.2, 0.25) is 5.02 Å². The van der Waals surface area contributed by atoms with Crippen LogP contribution in [0.1, 0.15) is 42.5 Å². The third-order valence-electron chi connectivity index (χ3n) is 4.59. The third kappa shape index (κ3) is 5.84. The second kappa shape index (κ2) is 10.7. The largest absolute Gasteiger partial charge is 0.383 e. The van der Waals surface area contributed by atoms with Crippen molar-refractivity contribution in [1.29, 1.82) is 0 Å². The van der Waals surface area contributed by atoms with E-state index < -0.39 is 6.04 Å². The molecule has 6 nitrogen and oxygen atoms in total. The second-order valence-corrected chi connectivity index (χ2v) is 6.86. The van der Waals surface area contributed by atoms with Crippen LogP contribution in [0.4, 0.5) is 5.69 Å². The lowest BCUT2D eigenvalue weighted by Crippen LogP contribution is -2.39. The number of anilines is 1. The number of amides is 2. The molecule has 0 aromatic heterocycles. The number of hydrogen-bond acceptors (Lipinski definition) is 4. The fourth-order valence-corrected chi connectivity index (χ4v) is 3.34. The summed E-state index contributed by atoms with van der Waals surface area (Å²) in [6, 6.07) is 4.37. The summed E-state index contributed by atoms with van der Waals surface area (Å²) in [5, 5.41) is 2.98. The van der Waals surface area contributed by atoms with E-state index in [4.69, 9.17) is 22.1 Å². The Morgan fingerprint density at radius 3 is 2.58 bits per heavy atom. The molecule has 2 amide bonds. The van der Waals surface area contributed by atoms with E-state index in [9.17, 15) is 9.59 Å². The summed E-state index contributed by atoms with van der Waals surface area (Å²) >= 11 is 6.28. The number of carbonyl (C=O) groups excluding carboxylic acids is 2. The van der Waals surface area contributed by atoms with Crippen LogP contribution in [-0.4, -0.2) is 49.6 Å². The molecule has 1 aromatic carbocycles. The van der Waals surface area contributed by atoms with Gasteiger partial charge < -0.3 is 20.7 Å². The van der Waals surface area contributed by atoms with Crippen molar-refractivity contribution in [1.82, 2.24) is 4.90 Å². The maximum atomic E-state index is 12.7. The average molecular weight is 404 g/mol. The maximum Gasteiger partial charge on any atom is 0.255 e. The van der Waals surface area contributed by atoms with Crippen LogP contribution < -0.4 is 11.1 Å². The van der Waals surface area contributed by atoms with Gasteiger partial charge in [-0.1, -0.05) is 30.9 Å². The number of carbonyl (C=O) groups is 2. The Hall–Kier alpha value is -1.34. The molecule has 1 aromatic rings. The Bertz CT molecular complexity index is 622. The van der Waals surface area contributed by atoms with Gasteiger partial charge >= 0.3 is 0 Å². The molecule has 1 atom stereocenters. The molecule has 0 spiro atoms. The monoisotopic (exact) mass is 403 g/mol. The molecule has 1 aliphatic carbocycles. The number of benzene rings is 1. The molecule has 1 unspecified atom stereocenters. The summed E-state index contributed by atoms with van der Waals surface area (Å²) in [7, 11) is 3.31. The first-order chi connectivity index (χ1) is 11.9. The Kier molecular flexibility index (Phi) is 9.36. The van der Waals surface area contributed by atoms with E-state index >= 15 is 0 Å². The number of methoxy groups -OCH3 is 1. The first kappa shape index (κ1) is 22.7. The van der Waals surface area contributed by atoms with E-state index in [-0.39, 0.29) is 36.9 Å². The smallest absolute Gasteiger partial charge is 0.255 e. The number of hydrogen-bond donors (Lipinski definition) is 2. The van der Waals surface area contributed by atoms with Gasteiger partial charge in [0.15, 0.2) is 0 Å². The van der Waals surface area contributed by atoms with Gasteiger partial charge in [-0.2, -0.15) is 0 Å². The number of nitrogens with two attached hydrogens (primary N) is 1. The molecule has 2 rings (SSSR count). The Balaban J connectivity index is 0.00000338. The van der Waals surface area contributed by atoms with Crippen molar-refractivity contribution in [2.24, 2.45) is 5.73 Å². The summed E-state index contributed by atoms with van der Waals surface area (Å²) in [6.07, 6.45) is 5.61. The van der Waals surface area contributed by atoms with Gasteiger partial charge in [-0.25, -0.2) is 0 Å². The zero-order chi connectivity index (χ0) is 18.4. The standard InChI is InChI=1S/C18H26ClN3O3.ClH/c1-22(13-6-4-3-5-7-13)18(24)14-9-8-12(10-15(14)19)21-17(23)16(20)11-25-2;/h8-10,13,16H,3-7,11,20H2,1-2H3,(H,21,23);1H. The molecule has 146 valence electrons. The summed E-state index contributed by atoms with van der Waals surface area (Å²) in [5.41, 5.74) is 6.62. The van der Waals surface area contributed by atoms with Gasteiger partial charge in [0.05, 0.1) is 17.2 Å². The van der Waals surface area contributed by atoms with E-state index in [0.717, 1.165) is 25.7 Å². The number of halogens is 2. The molecular weight excluding hydrogens is 377 g/mol. The van der Waals surface area contributed by atoms with Crippen molar-refractivity contribution in [3.63, 3.8) is 0 Å². The SMILES string of the molecule is COCC(N)C(=O)Nc1ccc(C(=O)N(C)C2CCCCC2)c(Cl)c1.Cl. The summed E-state index contributed by atoms with van der Waals surface area (Å²) in [5.74, 6) is -0.456. The zero-order valence-electron chi connectivity index (χ0n) is 15.2. The molecule has 8 heteroatoms. The average Bonchev–Trinajstić information content (AvgIpc) is 2.61. The van der Waals surface area contributed by atoms with Crippen LogP contribution in [0.15, 0.2) is 18.2 Å². The fraction of sp³-hybridized carbons (Fsp3) is 0.556. The van der Waals surface area contributed by atoms with Gasteiger partial charge in [-0.3, -0.25) is 9.59 Å². The summed E-state index contributed by atoms with van der Waals surface area (Å²) < 4.78 is 4.86. The maximum absolute atomic E-state index is 12.7. The van der Waals surface area contributed by atoms with Crippen LogP contribution in [0.25, 0.3) is 0 Å². The number of ether oxygens (including phenoxy) is 1. The summed E-state index contributed by atoms with van der Waals surface area (Å²) in [4.78, 5) is 26.4. The molecule has 1 fully saturated rings. The Morgan fingerprint density at radius 2 is 2.00 bits per heavy atom. The highest BCUT2D eigenvalue weighted by Crippen LogP contribution is 2.26. The van der Waals surface area contributed by atoms with Gasteiger partial charge in [0.2, 0.25) is 5.91 Å². The van der Waals surface area contributed by atoms with Crippen LogP contribution in [0, 0.1) is 0 Å². The van der Waals surface area contributed by atoms with Gasteiger partial charge in [-0.05, 0) is 31.0 Å². The van der Waals surface area contributed by atoms with Crippen LogP contribution in [-0.2, 0) is 9.53 Å². The highest BCUT2D eigenvalue weighted by molar-refractivity contribution is 6.34. The lowest BCUT2D eigenvalue weighted by Gasteiger charge is -2.31. The highest BCUT2D eigenvalue weighted by atomic mass is 35.5. The van der Waals surface area contributed by atoms with E-state index in [0.29, 0.717) is 16.3 Å². The van der Waals surface area contributed by atoms with E-state index in [1.165, 1.54) is 13.5 Å². The molecule has 0 aliphatic heterocycles. The first-order valence-corrected chi connectivity index (χ1v) is 8.94. The van der Waals surface area contributed by atoms with Crippen molar-refractivity contribution in [3.05, 3.63) is 28.8 Å². The number of nitrogens with one attached hydrogen (secondary N) is 1. The normalized spacial score (nSPS) is 15.7. The Morgan fingerprint density at radius 1 is 1.35 bits per heavy atom. The van der Waals surface area contributed by atoms with Crippen molar-refractivity contribution >= 4 is 41.5 Å². The van der Waals surface area contributed by atoms with E-state index in [2.05, 4.69) is 5.32 Å². The van der Waals surface area contributed by atoms with Gasteiger partial charge in [0, 0.05) is 25.9 Å². The van der Waals surface area contributed by atoms with Crippen molar-refractivity contribution in [3.8, 4) is 0 Å². The van der Waals surface area contributed by atoms with Gasteiger partial charge in [0.1, 0.15) is 6.04 Å². The van der Waals surface area contributed by atoms with E-state index in [1.54, 1.807) is 23.1 Å². The molecule has 0 saturated heterocycles. The van der Waals surface area contributed by atoms with Crippen molar-refractivity contribution < 1.29 is 14.3 Å². The lowest BCUT2D eigenvalue weighted by molar-refractivity contribution is -0.118. The van der Waals surface area contributed by atoms with Crippen LogP contribution in [0.3, 0.4) is 0 Å². The first-order valence-electron chi connectivity index (χ1n) is 8.56. The van der Waals surface area contributed by atoms with Gasteiger partial charge in [-0.15, -0.1) is 12.4 Å². The molecule has 0 radical (unpaired) electrons. The predicted molar refractivity (Wildman–Crippen MR) is 106 cm³/mol. The minimum absolute atomic E-state index is 0. The van der Waals surface area contributed by atoms with Crippen molar-refractivity contribution in [2.45, 2.75) is 44.2 Å². The zero-order valence-corrected chi connectivity index (χ0v) is 16.7. The number of nitrogens with zero attached hydrogens (tertiary/aromatic N) is 1. The molecule has 1 aliphatic rings. The van der Waals surface area contributed by atoms with Crippen LogP contribution >= 0.6 is 24.0 Å². The summed E-state index contributed by atoms with van der Waals surface area (Å²) in [6.45, 7) is 0.127. The molecule has 1 saturated carbocycles. The predicted octanol–water partition coefficient (Wildman–Crippen LogP) is 3.08. The second-order valence-electron chi connectivity index (χ2n) is 6.45. The minimum atomic E-state index is -0.762. The topological polar surface area (TPSA) is 84.7 Å². The molecule has 3 N–H and O–H groups in total. The van der Waals surface area contributed by atoms with E-state index in [1.807, 2.05) is 7.05 Å². The quantitative estimate of drug-likeness (QED) is 0.763. The molecule has 26 heavy (non-hydrogen) atoms. The van der Waals surface area contributed by atoms with Crippen molar-refractivity contribution in [2.75, 3.05) is 26.1 Å². The molecule has 0 heterocycles.